The van der Waals surface area contributed by atoms with E-state index in [2.05, 4.69) is 17.9 Å². The molecule has 3 nitrogen and oxygen atoms in total. The second-order valence-corrected chi connectivity index (χ2v) is 5.01. The molecule has 0 amide bonds. The van der Waals surface area contributed by atoms with E-state index in [0.717, 1.165) is 13.0 Å². The third kappa shape index (κ3) is 4.19. The van der Waals surface area contributed by atoms with Gasteiger partial charge in [0.1, 0.15) is 5.54 Å². The van der Waals surface area contributed by atoms with Crippen molar-refractivity contribution < 1.29 is 0 Å². The molecule has 0 aromatic rings. The van der Waals surface area contributed by atoms with Crippen LogP contribution in [-0.4, -0.2) is 29.6 Å². The highest BCUT2D eigenvalue weighted by Crippen LogP contribution is 2.17. The molecule has 2 N–H and O–H groups in total. The van der Waals surface area contributed by atoms with Crippen molar-refractivity contribution in [2.24, 2.45) is 5.73 Å². The Kier molecular flexibility index (Phi) is 4.56. The van der Waals surface area contributed by atoms with Gasteiger partial charge in [0.25, 0.3) is 0 Å². The minimum atomic E-state index is -0.661. The molecule has 2 atom stereocenters. The fourth-order valence-corrected chi connectivity index (χ4v) is 2.10. The average molecular weight is 209 g/mol. The summed E-state index contributed by atoms with van der Waals surface area (Å²) < 4.78 is 0. The van der Waals surface area contributed by atoms with E-state index in [-0.39, 0.29) is 0 Å². The summed E-state index contributed by atoms with van der Waals surface area (Å²) >= 11 is 0. The first-order chi connectivity index (χ1) is 7.05. The maximum absolute atomic E-state index is 8.85. The van der Waals surface area contributed by atoms with Crippen LogP contribution in [0, 0.1) is 11.3 Å². The molecule has 1 heterocycles. The first kappa shape index (κ1) is 12.5. The van der Waals surface area contributed by atoms with Gasteiger partial charge in [-0.2, -0.15) is 5.26 Å². The van der Waals surface area contributed by atoms with E-state index in [9.17, 15) is 0 Å². The summed E-state index contributed by atoms with van der Waals surface area (Å²) in [4.78, 5) is 2.48. The zero-order valence-electron chi connectivity index (χ0n) is 10.00. The molecular formula is C12H23N3. The molecule has 1 aliphatic rings. The van der Waals surface area contributed by atoms with E-state index in [1.54, 1.807) is 0 Å². The Morgan fingerprint density at radius 1 is 1.47 bits per heavy atom. The van der Waals surface area contributed by atoms with Crippen LogP contribution in [0.2, 0.25) is 0 Å². The van der Waals surface area contributed by atoms with Crippen LogP contribution in [0.4, 0.5) is 0 Å². The fourth-order valence-electron chi connectivity index (χ4n) is 2.10. The van der Waals surface area contributed by atoms with Crippen molar-refractivity contribution >= 4 is 0 Å². The molecule has 0 saturated carbocycles. The van der Waals surface area contributed by atoms with Crippen LogP contribution < -0.4 is 5.73 Å². The normalized spacial score (nSPS) is 27.7. The van der Waals surface area contributed by atoms with E-state index in [0.29, 0.717) is 6.04 Å². The van der Waals surface area contributed by atoms with Crippen molar-refractivity contribution in [2.45, 2.75) is 57.5 Å². The van der Waals surface area contributed by atoms with Gasteiger partial charge in [-0.05, 0) is 39.7 Å². The van der Waals surface area contributed by atoms with Gasteiger partial charge in [0.2, 0.25) is 0 Å². The fraction of sp³-hybridized carbons (Fsp3) is 0.917. The quantitative estimate of drug-likeness (QED) is 0.772. The molecule has 3 heteroatoms. The van der Waals surface area contributed by atoms with Crippen molar-refractivity contribution in [1.29, 1.82) is 5.26 Å². The third-order valence-electron chi connectivity index (χ3n) is 3.36. The summed E-state index contributed by atoms with van der Waals surface area (Å²) in [5.74, 6) is 0. The van der Waals surface area contributed by atoms with Crippen LogP contribution in [0.5, 0.6) is 0 Å². The highest BCUT2D eigenvalue weighted by atomic mass is 15.1. The Morgan fingerprint density at radius 3 is 2.87 bits per heavy atom. The Labute approximate surface area is 93.2 Å². The molecule has 86 valence electrons. The van der Waals surface area contributed by atoms with E-state index in [4.69, 9.17) is 11.0 Å². The molecule has 1 fully saturated rings. The highest BCUT2D eigenvalue weighted by molar-refractivity contribution is 5.01. The van der Waals surface area contributed by atoms with Crippen molar-refractivity contribution in [3.8, 4) is 6.07 Å². The van der Waals surface area contributed by atoms with Crippen molar-refractivity contribution in [3.63, 3.8) is 0 Å². The number of nitrogens with zero attached hydrogens (tertiary/aromatic N) is 2. The standard InChI is InChI=1S/C12H23N3/c1-11-6-4-3-5-8-15(11)9-7-12(2,14)10-13/h11H,3-9,14H2,1-2H3. The molecule has 0 aromatic carbocycles. The van der Waals surface area contributed by atoms with Gasteiger partial charge in [-0.15, -0.1) is 0 Å². The monoisotopic (exact) mass is 209 g/mol. The topological polar surface area (TPSA) is 53.0 Å². The minimum absolute atomic E-state index is 0.655. The molecule has 0 radical (unpaired) electrons. The molecular weight excluding hydrogens is 186 g/mol. The minimum Gasteiger partial charge on any atom is -0.314 e. The Bertz CT molecular complexity index is 230. The number of likely N-dealkylation sites (tertiary alicyclic amines) is 1. The van der Waals surface area contributed by atoms with Crippen LogP contribution in [0.3, 0.4) is 0 Å². The first-order valence-corrected chi connectivity index (χ1v) is 5.99. The molecule has 0 spiro atoms. The Morgan fingerprint density at radius 2 is 2.20 bits per heavy atom. The maximum Gasteiger partial charge on any atom is 0.102 e. The smallest absolute Gasteiger partial charge is 0.102 e. The second-order valence-electron chi connectivity index (χ2n) is 5.01. The van der Waals surface area contributed by atoms with Crippen molar-refractivity contribution in [1.82, 2.24) is 4.90 Å². The van der Waals surface area contributed by atoms with E-state index in [1.165, 1.54) is 32.2 Å². The lowest BCUT2D eigenvalue weighted by Crippen LogP contribution is -2.41. The summed E-state index contributed by atoms with van der Waals surface area (Å²) in [6, 6.07) is 2.82. The Hall–Kier alpha value is -0.590. The van der Waals surface area contributed by atoms with Crippen LogP contribution in [0.15, 0.2) is 0 Å². The third-order valence-corrected chi connectivity index (χ3v) is 3.36. The molecule has 0 aromatic heterocycles. The van der Waals surface area contributed by atoms with Crippen LogP contribution in [0.1, 0.15) is 46.0 Å². The number of hydrogen-bond donors (Lipinski definition) is 1. The maximum atomic E-state index is 8.85. The summed E-state index contributed by atoms with van der Waals surface area (Å²) in [7, 11) is 0. The first-order valence-electron chi connectivity index (χ1n) is 5.99. The molecule has 1 rings (SSSR count). The van der Waals surface area contributed by atoms with E-state index >= 15 is 0 Å². The van der Waals surface area contributed by atoms with Gasteiger partial charge in [-0.25, -0.2) is 0 Å². The van der Waals surface area contributed by atoms with E-state index in [1.807, 2.05) is 6.92 Å². The zero-order valence-corrected chi connectivity index (χ0v) is 10.00. The lowest BCUT2D eigenvalue weighted by molar-refractivity contribution is 0.201. The van der Waals surface area contributed by atoms with Crippen LogP contribution in [-0.2, 0) is 0 Å². The van der Waals surface area contributed by atoms with Crippen LogP contribution >= 0.6 is 0 Å². The van der Waals surface area contributed by atoms with Gasteiger partial charge in [0, 0.05) is 12.6 Å². The van der Waals surface area contributed by atoms with Gasteiger partial charge in [-0.3, -0.25) is 0 Å². The van der Waals surface area contributed by atoms with Crippen molar-refractivity contribution in [3.05, 3.63) is 0 Å². The summed E-state index contributed by atoms with van der Waals surface area (Å²) in [5, 5.41) is 8.85. The summed E-state index contributed by atoms with van der Waals surface area (Å²) in [6.45, 7) is 6.23. The predicted octanol–water partition coefficient (Wildman–Crippen LogP) is 1.88. The van der Waals surface area contributed by atoms with Gasteiger partial charge < -0.3 is 10.6 Å². The van der Waals surface area contributed by atoms with E-state index < -0.39 is 5.54 Å². The van der Waals surface area contributed by atoms with Crippen molar-refractivity contribution in [2.75, 3.05) is 13.1 Å². The number of nitriles is 1. The average Bonchev–Trinajstić information content (AvgIpc) is 2.40. The number of nitrogens with two attached hydrogens (primary N) is 1. The lowest BCUT2D eigenvalue weighted by Gasteiger charge is -2.29. The lowest BCUT2D eigenvalue weighted by atomic mass is 10.0. The molecule has 0 aliphatic carbocycles. The molecule has 15 heavy (non-hydrogen) atoms. The number of hydrogen-bond acceptors (Lipinski definition) is 3. The number of rotatable bonds is 3. The Balaban J connectivity index is 2.39. The SMILES string of the molecule is CC1CCCCCN1CCC(C)(N)C#N. The summed E-state index contributed by atoms with van der Waals surface area (Å²) in [5.41, 5.74) is 5.17. The van der Waals surface area contributed by atoms with Gasteiger partial charge in [0.15, 0.2) is 0 Å². The zero-order chi connectivity index (χ0) is 11.3. The van der Waals surface area contributed by atoms with Gasteiger partial charge >= 0.3 is 0 Å². The second kappa shape index (κ2) is 5.48. The molecule has 0 bridgehead atoms. The molecule has 1 aliphatic heterocycles. The molecule has 1 saturated heterocycles. The van der Waals surface area contributed by atoms with Crippen LogP contribution in [0.25, 0.3) is 0 Å². The van der Waals surface area contributed by atoms with Gasteiger partial charge in [0.05, 0.1) is 6.07 Å². The summed E-state index contributed by atoms with van der Waals surface area (Å²) in [6.07, 6.45) is 6.04. The molecule has 2 unspecified atom stereocenters. The predicted molar refractivity (Wildman–Crippen MR) is 62.3 cm³/mol. The van der Waals surface area contributed by atoms with Gasteiger partial charge in [-0.1, -0.05) is 12.8 Å². The largest absolute Gasteiger partial charge is 0.314 e. The highest BCUT2D eigenvalue weighted by Gasteiger charge is 2.22.